The molecule has 1 rings (SSSR count). The molecule has 0 radical (unpaired) electrons. The first-order valence-electron chi connectivity index (χ1n) is 8.28. The first-order valence-corrected chi connectivity index (χ1v) is 11.3. The minimum atomic E-state index is -0.640. The lowest BCUT2D eigenvalue weighted by atomic mass is 10.4. The smallest absolute Gasteiger partial charge is 0.139 e. The largest absolute Gasteiger partial charge is 0.357 e. The van der Waals surface area contributed by atoms with Crippen molar-refractivity contribution in [1.29, 1.82) is 0 Å². The van der Waals surface area contributed by atoms with E-state index in [9.17, 15) is 0 Å². The van der Waals surface area contributed by atoms with E-state index in [1.807, 2.05) is 27.7 Å². The Labute approximate surface area is 139 Å². The van der Waals surface area contributed by atoms with Crippen LogP contribution in [0.5, 0.6) is 0 Å². The predicted octanol–water partition coefficient (Wildman–Crippen LogP) is -0.0120. The second kappa shape index (κ2) is 12.0. The molecule has 0 saturated carbocycles. The SMILES string of the molecule is CCOC(OCC)[SiH2]c1ccccc1[SiH2]C(OCC)OCC. The first kappa shape index (κ1) is 19.5. The Hall–Kier alpha value is -0.506. The molecule has 0 amide bonds. The van der Waals surface area contributed by atoms with Gasteiger partial charge in [-0.15, -0.1) is 0 Å². The standard InChI is InChI=1S/C16H30O4Si2/c1-5-17-15(18-6-2)21-13-11-9-10-12-14(13)22-16(19-7-3)20-8-4/h9-12,15-16H,5-8,21-22H2,1-4H3. The summed E-state index contributed by atoms with van der Waals surface area (Å²) in [5, 5.41) is 2.84. The van der Waals surface area contributed by atoms with Gasteiger partial charge in [-0.3, -0.25) is 0 Å². The van der Waals surface area contributed by atoms with Crippen molar-refractivity contribution in [1.82, 2.24) is 0 Å². The average molecular weight is 343 g/mol. The fourth-order valence-electron chi connectivity index (χ4n) is 2.39. The summed E-state index contributed by atoms with van der Waals surface area (Å²) in [7, 11) is -1.28. The van der Waals surface area contributed by atoms with Crippen molar-refractivity contribution in [3.05, 3.63) is 24.3 Å². The van der Waals surface area contributed by atoms with Gasteiger partial charge in [0.2, 0.25) is 0 Å². The summed E-state index contributed by atoms with van der Waals surface area (Å²) in [6.45, 7) is 10.8. The maximum atomic E-state index is 5.73. The summed E-state index contributed by atoms with van der Waals surface area (Å²) in [6, 6.07) is 8.64. The first-order chi connectivity index (χ1) is 10.7. The molecule has 0 aromatic heterocycles. The number of benzene rings is 1. The summed E-state index contributed by atoms with van der Waals surface area (Å²) in [5.74, 6) is -0.0782. The zero-order chi connectivity index (χ0) is 16.2. The Morgan fingerprint density at radius 1 is 0.682 bits per heavy atom. The Morgan fingerprint density at radius 2 is 1.00 bits per heavy atom. The van der Waals surface area contributed by atoms with Gasteiger partial charge in [-0.1, -0.05) is 34.6 Å². The van der Waals surface area contributed by atoms with Gasteiger partial charge in [-0.2, -0.15) is 0 Å². The van der Waals surface area contributed by atoms with Gasteiger partial charge in [0, 0.05) is 26.4 Å². The van der Waals surface area contributed by atoms with Crippen LogP contribution in [0.25, 0.3) is 0 Å². The molecule has 1 aromatic carbocycles. The van der Waals surface area contributed by atoms with Crippen LogP contribution >= 0.6 is 0 Å². The van der Waals surface area contributed by atoms with Crippen molar-refractivity contribution in [3.63, 3.8) is 0 Å². The van der Waals surface area contributed by atoms with E-state index in [0.29, 0.717) is 26.4 Å². The van der Waals surface area contributed by atoms with Crippen LogP contribution in [0.2, 0.25) is 0 Å². The summed E-state index contributed by atoms with van der Waals surface area (Å²) in [5.41, 5.74) is 0. The topological polar surface area (TPSA) is 36.9 Å². The molecular weight excluding hydrogens is 312 g/mol. The summed E-state index contributed by atoms with van der Waals surface area (Å²) in [6.07, 6.45) is 0. The van der Waals surface area contributed by atoms with Crippen LogP contribution in [-0.2, 0) is 18.9 Å². The van der Waals surface area contributed by atoms with Gasteiger partial charge in [0.15, 0.2) is 0 Å². The highest BCUT2D eigenvalue weighted by atomic mass is 28.2. The third kappa shape index (κ3) is 7.17. The van der Waals surface area contributed by atoms with E-state index >= 15 is 0 Å². The van der Waals surface area contributed by atoms with Gasteiger partial charge in [0.25, 0.3) is 0 Å². The molecule has 0 aliphatic rings. The molecular formula is C16H30O4Si2. The third-order valence-electron chi connectivity index (χ3n) is 3.30. The van der Waals surface area contributed by atoms with Gasteiger partial charge in [-0.05, 0) is 27.7 Å². The van der Waals surface area contributed by atoms with Crippen LogP contribution < -0.4 is 10.4 Å². The van der Waals surface area contributed by atoms with Crippen LogP contribution in [0, 0.1) is 0 Å². The number of ether oxygens (including phenoxy) is 4. The van der Waals surface area contributed by atoms with Gasteiger partial charge in [0.1, 0.15) is 30.9 Å². The summed E-state index contributed by atoms with van der Waals surface area (Å²) < 4.78 is 22.9. The highest BCUT2D eigenvalue weighted by molar-refractivity contribution is 6.67. The highest BCUT2D eigenvalue weighted by Crippen LogP contribution is 1.96. The van der Waals surface area contributed by atoms with E-state index in [1.54, 1.807) is 0 Å². The summed E-state index contributed by atoms with van der Waals surface area (Å²) in [4.78, 5) is 0. The Kier molecular flexibility index (Phi) is 10.6. The lowest BCUT2D eigenvalue weighted by Crippen LogP contribution is -2.46. The van der Waals surface area contributed by atoms with Crippen molar-refractivity contribution in [3.8, 4) is 0 Å². The highest BCUT2D eigenvalue weighted by Gasteiger charge is 2.16. The molecule has 0 aliphatic carbocycles. The zero-order valence-electron chi connectivity index (χ0n) is 14.3. The van der Waals surface area contributed by atoms with E-state index in [-0.39, 0.29) is 11.8 Å². The molecule has 22 heavy (non-hydrogen) atoms. The van der Waals surface area contributed by atoms with E-state index in [1.165, 1.54) is 10.4 Å². The molecule has 0 unspecified atom stereocenters. The van der Waals surface area contributed by atoms with Crippen molar-refractivity contribution in [2.45, 2.75) is 39.5 Å². The lowest BCUT2D eigenvalue weighted by molar-refractivity contribution is -0.0823. The fourth-order valence-corrected chi connectivity index (χ4v) is 6.69. The summed E-state index contributed by atoms with van der Waals surface area (Å²) >= 11 is 0. The van der Waals surface area contributed by atoms with Crippen molar-refractivity contribution in [2.75, 3.05) is 26.4 Å². The van der Waals surface area contributed by atoms with E-state index in [2.05, 4.69) is 24.3 Å². The minimum Gasteiger partial charge on any atom is -0.357 e. The molecule has 1 aromatic rings. The number of hydrogen-bond donors (Lipinski definition) is 0. The molecule has 6 heteroatoms. The maximum absolute atomic E-state index is 5.73. The molecule has 0 bridgehead atoms. The van der Waals surface area contributed by atoms with E-state index in [0.717, 1.165) is 0 Å². The van der Waals surface area contributed by atoms with Crippen LogP contribution in [-0.4, -0.2) is 57.3 Å². The van der Waals surface area contributed by atoms with Crippen LogP contribution in [0.4, 0.5) is 0 Å². The minimum absolute atomic E-state index is 0.0391. The molecule has 0 N–H and O–H groups in total. The van der Waals surface area contributed by atoms with Gasteiger partial charge < -0.3 is 18.9 Å². The fraction of sp³-hybridized carbons (Fsp3) is 0.625. The predicted molar refractivity (Wildman–Crippen MR) is 96.9 cm³/mol. The second-order valence-corrected chi connectivity index (χ2v) is 8.53. The molecule has 0 spiro atoms. The van der Waals surface area contributed by atoms with Crippen molar-refractivity contribution >= 4 is 29.4 Å². The van der Waals surface area contributed by atoms with Gasteiger partial charge >= 0.3 is 0 Å². The Balaban J connectivity index is 2.78. The molecule has 4 nitrogen and oxygen atoms in total. The average Bonchev–Trinajstić information content (AvgIpc) is 2.50. The van der Waals surface area contributed by atoms with E-state index < -0.39 is 19.0 Å². The van der Waals surface area contributed by atoms with Crippen LogP contribution in [0.15, 0.2) is 24.3 Å². The molecule has 0 saturated heterocycles. The van der Waals surface area contributed by atoms with Crippen molar-refractivity contribution < 1.29 is 18.9 Å². The molecule has 0 atom stereocenters. The lowest BCUT2D eigenvalue weighted by Gasteiger charge is -2.21. The van der Waals surface area contributed by atoms with Gasteiger partial charge in [-0.25, -0.2) is 0 Å². The Morgan fingerprint density at radius 3 is 1.27 bits per heavy atom. The monoisotopic (exact) mass is 342 g/mol. The van der Waals surface area contributed by atoms with Gasteiger partial charge in [0.05, 0.1) is 0 Å². The molecule has 0 aliphatic heterocycles. The molecule has 0 heterocycles. The van der Waals surface area contributed by atoms with Crippen LogP contribution in [0.1, 0.15) is 27.7 Å². The molecule has 126 valence electrons. The number of hydrogen-bond acceptors (Lipinski definition) is 4. The quantitative estimate of drug-likeness (QED) is 0.395. The second-order valence-electron chi connectivity index (χ2n) is 4.86. The third-order valence-corrected chi connectivity index (χ3v) is 7.67. The normalized spacial score (nSPS) is 12.6. The van der Waals surface area contributed by atoms with Crippen LogP contribution in [0.3, 0.4) is 0 Å². The zero-order valence-corrected chi connectivity index (χ0v) is 17.2. The van der Waals surface area contributed by atoms with E-state index in [4.69, 9.17) is 18.9 Å². The maximum Gasteiger partial charge on any atom is 0.139 e. The Bertz CT molecular complexity index is 354. The van der Waals surface area contributed by atoms with Crippen molar-refractivity contribution in [2.24, 2.45) is 0 Å². The number of rotatable bonds is 12. The molecule has 0 fully saturated rings.